The molecule has 2 aromatic carbocycles. The molecule has 0 atom stereocenters. The fraction of sp³-hybridized carbons (Fsp3) is 0.211. The Morgan fingerprint density at radius 2 is 1.64 bits per heavy atom. The number of benzene rings is 2. The molecule has 0 heterocycles. The second kappa shape index (κ2) is 8.63. The molecule has 6 nitrogen and oxygen atoms in total. The van der Waals surface area contributed by atoms with Crippen LogP contribution in [-0.4, -0.2) is 31.9 Å². The molecular formula is C19H20O6. The van der Waals surface area contributed by atoms with Gasteiger partial charge in [-0.1, -0.05) is 18.2 Å². The maximum atomic E-state index is 11.6. The zero-order valence-corrected chi connectivity index (χ0v) is 14.3. The van der Waals surface area contributed by atoms with E-state index in [1.807, 2.05) is 6.92 Å². The van der Waals surface area contributed by atoms with E-state index in [-0.39, 0.29) is 11.5 Å². The fourth-order valence-electron chi connectivity index (χ4n) is 2.14. The molecule has 25 heavy (non-hydrogen) atoms. The van der Waals surface area contributed by atoms with Gasteiger partial charge in [-0.2, -0.15) is 0 Å². The van der Waals surface area contributed by atoms with E-state index in [0.29, 0.717) is 29.4 Å². The van der Waals surface area contributed by atoms with Crippen molar-refractivity contribution in [3.05, 3.63) is 53.8 Å². The number of hydrogen-bond acceptors (Lipinski definition) is 5. The number of ether oxygens (including phenoxy) is 4. The molecule has 0 amide bonds. The van der Waals surface area contributed by atoms with Gasteiger partial charge in [-0.3, -0.25) is 0 Å². The van der Waals surface area contributed by atoms with E-state index in [4.69, 9.17) is 18.9 Å². The molecule has 0 unspecified atom stereocenters. The summed E-state index contributed by atoms with van der Waals surface area (Å²) >= 11 is 0. The van der Waals surface area contributed by atoms with Crippen LogP contribution in [0.2, 0.25) is 0 Å². The third-order valence-electron chi connectivity index (χ3n) is 3.29. The first-order valence-electron chi connectivity index (χ1n) is 7.65. The van der Waals surface area contributed by atoms with Gasteiger partial charge in [0.15, 0.2) is 11.5 Å². The standard InChI is InChI=1S/C19H20O6/c1-4-24-14-10-8-13(9-11-14)12-17(19(20)21)25-18-15(22-2)6-5-7-16(18)23-3/h5-12H,4H2,1-3H3,(H,20,21). The minimum atomic E-state index is -1.21. The molecule has 132 valence electrons. The Labute approximate surface area is 146 Å². The molecule has 0 saturated carbocycles. The first kappa shape index (κ1) is 18.2. The molecule has 2 aromatic rings. The van der Waals surface area contributed by atoms with Crippen molar-refractivity contribution in [2.45, 2.75) is 6.92 Å². The Morgan fingerprint density at radius 3 is 2.12 bits per heavy atom. The summed E-state index contributed by atoms with van der Waals surface area (Å²) in [4.78, 5) is 11.6. The Bertz CT molecular complexity index is 727. The zero-order valence-electron chi connectivity index (χ0n) is 14.3. The summed E-state index contributed by atoms with van der Waals surface area (Å²) in [6.45, 7) is 2.46. The second-order valence-corrected chi connectivity index (χ2v) is 4.91. The SMILES string of the molecule is CCOc1ccc(C=C(Oc2c(OC)cccc2OC)C(=O)O)cc1. The third-order valence-corrected chi connectivity index (χ3v) is 3.29. The van der Waals surface area contributed by atoms with Gasteiger partial charge in [0.05, 0.1) is 20.8 Å². The molecular weight excluding hydrogens is 324 g/mol. The highest BCUT2D eigenvalue weighted by Gasteiger charge is 2.18. The Balaban J connectivity index is 2.34. The smallest absolute Gasteiger partial charge is 0.371 e. The van der Waals surface area contributed by atoms with E-state index in [2.05, 4.69) is 0 Å². The molecule has 0 aromatic heterocycles. The molecule has 0 aliphatic heterocycles. The van der Waals surface area contributed by atoms with Crippen LogP contribution in [0.5, 0.6) is 23.0 Å². The van der Waals surface area contributed by atoms with E-state index in [1.54, 1.807) is 42.5 Å². The number of para-hydroxylation sites is 1. The van der Waals surface area contributed by atoms with Crippen LogP contribution in [0.1, 0.15) is 12.5 Å². The van der Waals surface area contributed by atoms with Crippen molar-refractivity contribution in [1.82, 2.24) is 0 Å². The van der Waals surface area contributed by atoms with Crippen LogP contribution in [0, 0.1) is 0 Å². The van der Waals surface area contributed by atoms with Crippen LogP contribution < -0.4 is 18.9 Å². The average Bonchev–Trinajstić information content (AvgIpc) is 2.62. The molecule has 0 fully saturated rings. The lowest BCUT2D eigenvalue weighted by Gasteiger charge is -2.14. The lowest BCUT2D eigenvalue weighted by atomic mass is 10.2. The predicted molar refractivity (Wildman–Crippen MR) is 93.4 cm³/mol. The molecule has 1 N–H and O–H groups in total. The highest BCUT2D eigenvalue weighted by molar-refractivity contribution is 5.90. The molecule has 0 saturated heterocycles. The minimum Gasteiger partial charge on any atom is -0.494 e. The van der Waals surface area contributed by atoms with Gasteiger partial charge in [0.25, 0.3) is 0 Å². The van der Waals surface area contributed by atoms with Gasteiger partial charge in [0.2, 0.25) is 11.5 Å². The fourth-order valence-corrected chi connectivity index (χ4v) is 2.14. The summed E-state index contributed by atoms with van der Waals surface area (Å²) in [6, 6.07) is 12.1. The molecule has 0 aliphatic rings. The summed E-state index contributed by atoms with van der Waals surface area (Å²) < 4.78 is 21.4. The number of methoxy groups -OCH3 is 2. The van der Waals surface area contributed by atoms with Crippen LogP contribution >= 0.6 is 0 Å². The van der Waals surface area contributed by atoms with Gasteiger partial charge < -0.3 is 24.1 Å². The third kappa shape index (κ3) is 4.67. The van der Waals surface area contributed by atoms with Gasteiger partial charge in [-0.25, -0.2) is 4.79 Å². The Hall–Kier alpha value is -3.15. The van der Waals surface area contributed by atoms with Crippen LogP contribution in [-0.2, 0) is 4.79 Å². The molecule has 6 heteroatoms. The van der Waals surface area contributed by atoms with Crippen molar-refractivity contribution < 1.29 is 28.8 Å². The highest BCUT2D eigenvalue weighted by atomic mass is 16.6. The maximum Gasteiger partial charge on any atom is 0.371 e. The van der Waals surface area contributed by atoms with Crippen LogP contribution in [0.15, 0.2) is 48.2 Å². The van der Waals surface area contributed by atoms with Crippen LogP contribution in [0.3, 0.4) is 0 Å². The Morgan fingerprint density at radius 1 is 1.04 bits per heavy atom. The largest absolute Gasteiger partial charge is 0.494 e. The van der Waals surface area contributed by atoms with Crippen LogP contribution in [0.4, 0.5) is 0 Å². The van der Waals surface area contributed by atoms with Crippen molar-refractivity contribution in [1.29, 1.82) is 0 Å². The van der Waals surface area contributed by atoms with Gasteiger partial charge in [-0.15, -0.1) is 0 Å². The van der Waals surface area contributed by atoms with E-state index in [0.717, 1.165) is 0 Å². The quantitative estimate of drug-likeness (QED) is 0.582. The number of carbonyl (C=O) groups is 1. The van der Waals surface area contributed by atoms with Crippen molar-refractivity contribution >= 4 is 12.0 Å². The predicted octanol–water partition coefficient (Wildman–Crippen LogP) is 3.61. The lowest BCUT2D eigenvalue weighted by Crippen LogP contribution is -2.09. The normalized spacial score (nSPS) is 10.9. The van der Waals surface area contributed by atoms with E-state index in [9.17, 15) is 9.90 Å². The second-order valence-electron chi connectivity index (χ2n) is 4.91. The van der Waals surface area contributed by atoms with Gasteiger partial charge in [-0.05, 0) is 42.8 Å². The molecule has 0 aliphatic carbocycles. The van der Waals surface area contributed by atoms with Gasteiger partial charge in [0, 0.05) is 0 Å². The van der Waals surface area contributed by atoms with Crippen molar-refractivity contribution in [3.8, 4) is 23.0 Å². The van der Waals surface area contributed by atoms with Crippen molar-refractivity contribution in [2.75, 3.05) is 20.8 Å². The average molecular weight is 344 g/mol. The molecule has 0 spiro atoms. The first-order valence-corrected chi connectivity index (χ1v) is 7.65. The van der Waals surface area contributed by atoms with Crippen LogP contribution in [0.25, 0.3) is 6.08 Å². The van der Waals surface area contributed by atoms with E-state index >= 15 is 0 Å². The summed E-state index contributed by atoms with van der Waals surface area (Å²) in [7, 11) is 2.94. The lowest BCUT2D eigenvalue weighted by molar-refractivity contribution is -0.134. The van der Waals surface area contributed by atoms with E-state index in [1.165, 1.54) is 20.3 Å². The van der Waals surface area contributed by atoms with E-state index < -0.39 is 5.97 Å². The summed E-state index contributed by atoms with van der Waals surface area (Å²) in [6.07, 6.45) is 1.42. The molecule has 0 radical (unpaired) electrons. The number of rotatable bonds is 8. The van der Waals surface area contributed by atoms with Gasteiger partial charge in [0.1, 0.15) is 5.75 Å². The zero-order chi connectivity index (χ0) is 18.2. The topological polar surface area (TPSA) is 74.2 Å². The summed E-state index contributed by atoms with van der Waals surface area (Å²) in [5.41, 5.74) is 0.662. The van der Waals surface area contributed by atoms with Crippen molar-refractivity contribution in [2.24, 2.45) is 0 Å². The molecule has 2 rings (SSSR count). The maximum absolute atomic E-state index is 11.6. The minimum absolute atomic E-state index is 0.201. The van der Waals surface area contributed by atoms with Gasteiger partial charge >= 0.3 is 5.97 Å². The molecule has 0 bridgehead atoms. The summed E-state index contributed by atoms with van der Waals surface area (Å²) in [5, 5.41) is 9.46. The highest BCUT2D eigenvalue weighted by Crippen LogP contribution is 2.38. The number of hydrogen-bond donors (Lipinski definition) is 1. The Kier molecular flexibility index (Phi) is 6.28. The monoisotopic (exact) mass is 344 g/mol. The first-order chi connectivity index (χ1) is 12.1. The number of carboxylic acid groups (broad SMARTS) is 1. The van der Waals surface area contributed by atoms with Crippen molar-refractivity contribution in [3.63, 3.8) is 0 Å². The summed E-state index contributed by atoms with van der Waals surface area (Å²) in [5.74, 6) is 0.195. The number of aliphatic carboxylic acids is 1. The number of carboxylic acids is 1.